The van der Waals surface area contributed by atoms with Gasteiger partial charge in [0.25, 0.3) is 0 Å². The van der Waals surface area contributed by atoms with E-state index in [1.54, 1.807) is 18.3 Å². The summed E-state index contributed by atoms with van der Waals surface area (Å²) in [6, 6.07) is 10.2. The third kappa shape index (κ3) is 3.34. The number of thiophene rings is 1. The molecule has 0 amide bonds. The van der Waals surface area contributed by atoms with Crippen molar-refractivity contribution in [3.63, 3.8) is 0 Å². The zero-order chi connectivity index (χ0) is 13.1. The van der Waals surface area contributed by atoms with Gasteiger partial charge in [-0.15, -0.1) is 11.3 Å². The second-order valence-electron chi connectivity index (χ2n) is 4.35. The molecule has 2 rings (SSSR count). The minimum atomic E-state index is -0.405. The highest BCUT2D eigenvalue weighted by molar-refractivity contribution is 9.10. The highest BCUT2D eigenvalue weighted by Crippen LogP contribution is 2.24. The molecular weight excluding hydrogens is 310 g/mol. The van der Waals surface area contributed by atoms with Crippen LogP contribution in [0.5, 0.6) is 0 Å². The van der Waals surface area contributed by atoms with Crippen LogP contribution in [0.3, 0.4) is 0 Å². The van der Waals surface area contributed by atoms with E-state index in [0.29, 0.717) is 0 Å². The van der Waals surface area contributed by atoms with Crippen LogP contribution in [0, 0.1) is 0 Å². The lowest BCUT2D eigenvalue weighted by atomic mass is 10.1. The Hall–Kier alpha value is -0.840. The lowest BCUT2D eigenvalue weighted by molar-refractivity contribution is 0.199. The van der Waals surface area contributed by atoms with Gasteiger partial charge in [0, 0.05) is 27.5 Å². The number of benzene rings is 1. The molecule has 0 saturated carbocycles. The minimum absolute atomic E-state index is 0.405. The second-order valence-corrected chi connectivity index (χ2v) is 6.27. The molecule has 0 aliphatic carbocycles. The first-order valence-electron chi connectivity index (χ1n) is 5.78. The molecule has 0 spiro atoms. The maximum atomic E-state index is 9.47. The molecule has 1 aromatic carbocycles. The van der Waals surface area contributed by atoms with Gasteiger partial charge in [-0.2, -0.15) is 0 Å². The first-order valence-corrected chi connectivity index (χ1v) is 7.45. The van der Waals surface area contributed by atoms with E-state index in [1.165, 1.54) is 4.88 Å². The van der Waals surface area contributed by atoms with Gasteiger partial charge in [-0.25, -0.2) is 0 Å². The number of hydrogen-bond acceptors (Lipinski definition) is 3. The molecule has 0 bridgehead atoms. The van der Waals surface area contributed by atoms with Gasteiger partial charge in [0.1, 0.15) is 0 Å². The van der Waals surface area contributed by atoms with Gasteiger partial charge in [-0.3, -0.25) is 0 Å². The fourth-order valence-corrected chi connectivity index (χ4v) is 3.27. The third-order valence-electron chi connectivity index (χ3n) is 2.83. The van der Waals surface area contributed by atoms with Crippen molar-refractivity contribution in [3.05, 3.63) is 50.6 Å². The number of anilines is 1. The summed E-state index contributed by atoms with van der Waals surface area (Å²) in [6.45, 7) is 2.67. The van der Waals surface area contributed by atoms with Crippen molar-refractivity contribution in [2.24, 2.45) is 0 Å². The lowest BCUT2D eigenvalue weighted by Crippen LogP contribution is -2.15. The van der Waals surface area contributed by atoms with Crippen molar-refractivity contribution >= 4 is 33.0 Å². The normalized spacial score (nSPS) is 12.4. The van der Waals surface area contributed by atoms with Crippen LogP contribution in [0.15, 0.2) is 40.2 Å². The highest BCUT2D eigenvalue weighted by atomic mass is 79.9. The average molecular weight is 326 g/mol. The summed E-state index contributed by atoms with van der Waals surface area (Å²) in [7, 11) is 2.07. The van der Waals surface area contributed by atoms with Gasteiger partial charge in [0.15, 0.2) is 0 Å². The Morgan fingerprint density at radius 1 is 1.33 bits per heavy atom. The van der Waals surface area contributed by atoms with Crippen molar-refractivity contribution in [3.8, 4) is 0 Å². The maximum absolute atomic E-state index is 9.47. The standard InChI is InChI=1S/C14H16BrNOS/c1-10(17)11-3-5-13(6-4-11)16(2)8-14-7-12(15)9-18-14/h3-7,9-10,17H,8H2,1-2H3/t10-/m1/s1. The van der Waals surface area contributed by atoms with Crippen molar-refractivity contribution in [2.75, 3.05) is 11.9 Å². The van der Waals surface area contributed by atoms with Crippen LogP contribution in [0.25, 0.3) is 0 Å². The number of aliphatic hydroxyl groups is 1. The number of nitrogens with zero attached hydrogens (tertiary/aromatic N) is 1. The smallest absolute Gasteiger partial charge is 0.0761 e. The van der Waals surface area contributed by atoms with Crippen molar-refractivity contribution in [1.29, 1.82) is 0 Å². The number of rotatable bonds is 4. The molecule has 0 radical (unpaired) electrons. The van der Waals surface area contributed by atoms with E-state index in [4.69, 9.17) is 0 Å². The molecule has 18 heavy (non-hydrogen) atoms. The predicted molar refractivity (Wildman–Crippen MR) is 81.2 cm³/mol. The topological polar surface area (TPSA) is 23.5 Å². The summed E-state index contributed by atoms with van der Waals surface area (Å²) in [5, 5.41) is 11.6. The molecule has 1 aromatic heterocycles. The van der Waals surface area contributed by atoms with E-state index >= 15 is 0 Å². The van der Waals surface area contributed by atoms with Crippen LogP contribution in [0.1, 0.15) is 23.5 Å². The van der Waals surface area contributed by atoms with E-state index in [9.17, 15) is 5.11 Å². The van der Waals surface area contributed by atoms with Crippen LogP contribution in [-0.2, 0) is 6.54 Å². The zero-order valence-electron chi connectivity index (χ0n) is 10.4. The Morgan fingerprint density at radius 2 is 2.00 bits per heavy atom. The van der Waals surface area contributed by atoms with Gasteiger partial charge >= 0.3 is 0 Å². The minimum Gasteiger partial charge on any atom is -0.389 e. The number of aliphatic hydroxyl groups excluding tert-OH is 1. The monoisotopic (exact) mass is 325 g/mol. The largest absolute Gasteiger partial charge is 0.389 e. The fraction of sp³-hybridized carbons (Fsp3) is 0.286. The van der Waals surface area contributed by atoms with E-state index in [1.807, 2.05) is 24.3 Å². The molecule has 4 heteroatoms. The zero-order valence-corrected chi connectivity index (χ0v) is 12.8. The summed E-state index contributed by atoms with van der Waals surface area (Å²) in [6.07, 6.45) is -0.405. The first kappa shape index (κ1) is 13.6. The van der Waals surface area contributed by atoms with Crippen molar-refractivity contribution in [1.82, 2.24) is 0 Å². The molecule has 0 saturated heterocycles. The molecule has 0 unspecified atom stereocenters. The predicted octanol–water partition coefficient (Wildman–Crippen LogP) is 4.20. The molecule has 1 atom stereocenters. The van der Waals surface area contributed by atoms with E-state index < -0.39 is 6.10 Å². The van der Waals surface area contributed by atoms with Gasteiger partial charge in [-0.1, -0.05) is 12.1 Å². The molecule has 0 aliphatic rings. The molecule has 2 aromatic rings. The fourth-order valence-electron chi connectivity index (χ4n) is 1.77. The van der Waals surface area contributed by atoms with E-state index in [-0.39, 0.29) is 0 Å². The Kier molecular flexibility index (Phi) is 4.43. The molecule has 1 N–H and O–H groups in total. The molecule has 0 fully saturated rings. The Labute approximate surface area is 120 Å². The summed E-state index contributed by atoms with van der Waals surface area (Å²) < 4.78 is 1.14. The number of halogens is 1. The van der Waals surface area contributed by atoms with E-state index in [0.717, 1.165) is 22.3 Å². The van der Waals surface area contributed by atoms with Gasteiger partial charge in [0.05, 0.1) is 12.6 Å². The quantitative estimate of drug-likeness (QED) is 0.910. The summed E-state index contributed by atoms with van der Waals surface area (Å²) >= 11 is 5.22. The maximum Gasteiger partial charge on any atom is 0.0761 e. The molecule has 0 aliphatic heterocycles. The van der Waals surface area contributed by atoms with Crippen molar-refractivity contribution in [2.45, 2.75) is 19.6 Å². The highest BCUT2D eigenvalue weighted by Gasteiger charge is 2.05. The number of hydrogen-bond donors (Lipinski definition) is 1. The van der Waals surface area contributed by atoms with E-state index in [2.05, 4.69) is 39.3 Å². The first-order chi connectivity index (χ1) is 8.56. The van der Waals surface area contributed by atoms with Crippen LogP contribution in [0.4, 0.5) is 5.69 Å². The lowest BCUT2D eigenvalue weighted by Gasteiger charge is -2.19. The molecule has 96 valence electrons. The molecule has 1 heterocycles. The van der Waals surface area contributed by atoms with Crippen LogP contribution >= 0.6 is 27.3 Å². The average Bonchev–Trinajstić information content (AvgIpc) is 2.75. The third-order valence-corrected chi connectivity index (χ3v) is 4.51. The summed E-state index contributed by atoms with van der Waals surface area (Å²) in [5.74, 6) is 0. The Morgan fingerprint density at radius 3 is 2.50 bits per heavy atom. The molecular formula is C14H16BrNOS. The second kappa shape index (κ2) is 5.87. The van der Waals surface area contributed by atoms with Crippen LogP contribution < -0.4 is 4.90 Å². The summed E-state index contributed by atoms with van der Waals surface area (Å²) in [5.41, 5.74) is 2.11. The van der Waals surface area contributed by atoms with Crippen LogP contribution in [0.2, 0.25) is 0 Å². The Bertz CT molecular complexity index is 507. The SMILES string of the molecule is C[C@@H](O)c1ccc(N(C)Cc2cc(Br)cs2)cc1. The van der Waals surface area contributed by atoms with Crippen LogP contribution in [-0.4, -0.2) is 12.2 Å². The van der Waals surface area contributed by atoms with Gasteiger partial charge in [0.2, 0.25) is 0 Å². The van der Waals surface area contributed by atoms with Gasteiger partial charge < -0.3 is 10.0 Å². The molecule has 2 nitrogen and oxygen atoms in total. The Balaban J connectivity index is 2.06. The summed E-state index contributed by atoms with van der Waals surface area (Å²) in [4.78, 5) is 3.52. The van der Waals surface area contributed by atoms with Crippen molar-refractivity contribution < 1.29 is 5.11 Å². The van der Waals surface area contributed by atoms with Gasteiger partial charge in [-0.05, 0) is 46.6 Å².